The van der Waals surface area contributed by atoms with Crippen LogP contribution in [0.3, 0.4) is 0 Å². The fraction of sp³-hybridized carbons (Fsp3) is 0.125. The number of H-pyrrole nitrogens is 1. The van der Waals surface area contributed by atoms with E-state index in [0.29, 0.717) is 16.5 Å². The molecule has 24 heavy (non-hydrogen) atoms. The van der Waals surface area contributed by atoms with Crippen LogP contribution in [0.15, 0.2) is 52.9 Å². The van der Waals surface area contributed by atoms with Crippen molar-refractivity contribution in [3.63, 3.8) is 0 Å². The predicted octanol–water partition coefficient (Wildman–Crippen LogP) is 2.26. The van der Waals surface area contributed by atoms with Gasteiger partial charge in [0.15, 0.2) is 16.7 Å². The molecule has 0 fully saturated rings. The van der Waals surface area contributed by atoms with E-state index in [0.717, 1.165) is 0 Å². The molecule has 0 spiro atoms. The van der Waals surface area contributed by atoms with Gasteiger partial charge in [-0.1, -0.05) is 36.0 Å². The number of nitrogens with one attached hydrogen (secondary N) is 3. The van der Waals surface area contributed by atoms with Crippen LogP contribution >= 0.6 is 11.8 Å². The number of anilines is 2. The Labute approximate surface area is 142 Å². The molecule has 0 radical (unpaired) electrons. The smallest absolute Gasteiger partial charge is 0.277 e. The van der Waals surface area contributed by atoms with Crippen LogP contribution in [0.5, 0.6) is 0 Å². The topological polar surface area (TPSA) is 104 Å². The van der Waals surface area contributed by atoms with Gasteiger partial charge < -0.3 is 10.6 Å². The second-order valence-corrected chi connectivity index (χ2v) is 5.70. The monoisotopic (exact) mass is 344 g/mol. The van der Waals surface area contributed by atoms with E-state index >= 15 is 0 Å². The fourth-order valence-corrected chi connectivity index (χ4v) is 2.40. The molecule has 1 aromatic carbocycles. The summed E-state index contributed by atoms with van der Waals surface area (Å²) in [5, 5.41) is 5.28. The summed E-state index contributed by atoms with van der Waals surface area (Å²) in [7, 11) is 0. The highest BCUT2D eigenvalue weighted by atomic mass is 32.2. The van der Waals surface area contributed by atoms with Crippen LogP contribution in [0.4, 0.5) is 11.5 Å². The molecular weight excluding hydrogens is 328 g/mol. The van der Waals surface area contributed by atoms with Gasteiger partial charge in [-0.15, -0.1) is 6.58 Å². The van der Waals surface area contributed by atoms with Gasteiger partial charge in [0.2, 0.25) is 5.91 Å². The number of benzene rings is 1. The first-order valence-corrected chi connectivity index (χ1v) is 8.02. The summed E-state index contributed by atoms with van der Waals surface area (Å²) in [6.45, 7) is 4.89. The summed E-state index contributed by atoms with van der Waals surface area (Å²) < 4.78 is 0. The van der Waals surface area contributed by atoms with Crippen LogP contribution in [0.2, 0.25) is 0 Å². The highest BCUT2D eigenvalue weighted by molar-refractivity contribution is 7.99. The van der Waals surface area contributed by atoms with Crippen LogP contribution in [-0.4, -0.2) is 27.5 Å². The fourth-order valence-electron chi connectivity index (χ4n) is 1.81. The van der Waals surface area contributed by atoms with E-state index in [9.17, 15) is 14.4 Å². The molecule has 1 aromatic heterocycles. The largest absolute Gasteiger partial charge is 0.314 e. The van der Waals surface area contributed by atoms with Gasteiger partial charge in [0, 0.05) is 18.2 Å². The van der Waals surface area contributed by atoms with E-state index in [1.54, 1.807) is 36.4 Å². The van der Waals surface area contributed by atoms with Crippen molar-refractivity contribution >= 4 is 35.1 Å². The number of thioether (sulfide) groups is 1. The van der Waals surface area contributed by atoms with Gasteiger partial charge in [0.25, 0.3) is 11.5 Å². The standard InChI is InChI=1S/C16H16N4O3S/c1-3-9-24-16-19-13(17-10(2)21)12(15(23)20-16)18-14(22)11-7-5-4-6-8-11/h3-8H,1,9H2,2H3,(H,18,22)(H2,17,19,20,21,23). The maximum Gasteiger partial charge on any atom is 0.277 e. The molecule has 0 aliphatic rings. The zero-order valence-electron chi connectivity index (χ0n) is 13.0. The van der Waals surface area contributed by atoms with Crippen LogP contribution < -0.4 is 16.2 Å². The van der Waals surface area contributed by atoms with Crippen LogP contribution in [0.25, 0.3) is 0 Å². The van der Waals surface area contributed by atoms with Gasteiger partial charge in [-0.2, -0.15) is 0 Å². The van der Waals surface area contributed by atoms with E-state index < -0.39 is 17.4 Å². The lowest BCUT2D eigenvalue weighted by atomic mass is 10.2. The Morgan fingerprint density at radius 1 is 1.29 bits per heavy atom. The van der Waals surface area contributed by atoms with E-state index in [2.05, 4.69) is 27.2 Å². The van der Waals surface area contributed by atoms with Crippen LogP contribution in [0, 0.1) is 0 Å². The van der Waals surface area contributed by atoms with Crippen molar-refractivity contribution in [1.82, 2.24) is 9.97 Å². The Morgan fingerprint density at radius 2 is 2.00 bits per heavy atom. The number of carbonyl (C=O) groups excluding carboxylic acids is 2. The van der Waals surface area contributed by atoms with Gasteiger partial charge in [-0.25, -0.2) is 4.98 Å². The van der Waals surface area contributed by atoms with Crippen molar-refractivity contribution in [1.29, 1.82) is 0 Å². The molecule has 0 saturated carbocycles. The number of nitrogens with zero attached hydrogens (tertiary/aromatic N) is 1. The van der Waals surface area contributed by atoms with Crippen LogP contribution in [-0.2, 0) is 4.79 Å². The predicted molar refractivity (Wildman–Crippen MR) is 94.5 cm³/mol. The zero-order valence-corrected chi connectivity index (χ0v) is 13.8. The number of aromatic nitrogens is 2. The average molecular weight is 344 g/mol. The number of hydrogen-bond acceptors (Lipinski definition) is 5. The molecule has 3 N–H and O–H groups in total. The molecule has 0 unspecified atom stereocenters. The van der Waals surface area contributed by atoms with E-state index in [4.69, 9.17) is 0 Å². The molecule has 0 atom stereocenters. The van der Waals surface area contributed by atoms with Gasteiger partial charge in [-0.3, -0.25) is 19.4 Å². The van der Waals surface area contributed by atoms with Gasteiger partial charge in [0.05, 0.1) is 0 Å². The first kappa shape index (κ1) is 17.5. The first-order chi connectivity index (χ1) is 11.5. The Hall–Kier alpha value is -2.87. The molecule has 0 aliphatic carbocycles. The van der Waals surface area contributed by atoms with Gasteiger partial charge in [-0.05, 0) is 12.1 Å². The second-order valence-electron chi connectivity index (χ2n) is 4.70. The molecule has 2 amide bonds. The van der Waals surface area contributed by atoms with Crippen molar-refractivity contribution in [2.75, 3.05) is 16.4 Å². The van der Waals surface area contributed by atoms with Crippen molar-refractivity contribution in [3.8, 4) is 0 Å². The molecule has 0 bridgehead atoms. The number of aromatic amines is 1. The molecule has 7 nitrogen and oxygen atoms in total. The maximum atomic E-state index is 12.3. The lowest BCUT2D eigenvalue weighted by molar-refractivity contribution is -0.114. The normalized spacial score (nSPS) is 10.0. The molecule has 124 valence electrons. The summed E-state index contributed by atoms with van der Waals surface area (Å²) in [5.74, 6) is -0.330. The number of hydrogen-bond donors (Lipinski definition) is 3. The SMILES string of the molecule is C=CCSc1nc(NC(C)=O)c(NC(=O)c2ccccc2)c(=O)[nH]1. The lowest BCUT2D eigenvalue weighted by Crippen LogP contribution is -2.24. The Kier molecular flexibility index (Phi) is 5.91. The minimum Gasteiger partial charge on any atom is -0.314 e. The maximum absolute atomic E-state index is 12.3. The van der Waals surface area contributed by atoms with Gasteiger partial charge in [0.1, 0.15) is 0 Å². The van der Waals surface area contributed by atoms with Crippen molar-refractivity contribution in [3.05, 3.63) is 58.9 Å². The zero-order chi connectivity index (χ0) is 17.5. The summed E-state index contributed by atoms with van der Waals surface area (Å²) >= 11 is 1.25. The van der Waals surface area contributed by atoms with Crippen molar-refractivity contribution < 1.29 is 9.59 Å². The number of amides is 2. The third-order valence-corrected chi connectivity index (χ3v) is 3.67. The van der Waals surface area contributed by atoms with E-state index in [-0.39, 0.29) is 11.5 Å². The quantitative estimate of drug-likeness (QED) is 0.424. The Bertz CT molecular complexity index is 818. The summed E-state index contributed by atoms with van der Waals surface area (Å²) in [6.07, 6.45) is 1.66. The molecule has 2 rings (SSSR count). The Morgan fingerprint density at radius 3 is 2.62 bits per heavy atom. The third kappa shape index (κ3) is 4.56. The average Bonchev–Trinajstić information content (AvgIpc) is 2.56. The number of rotatable bonds is 6. The van der Waals surface area contributed by atoms with Gasteiger partial charge >= 0.3 is 0 Å². The summed E-state index contributed by atoms with van der Waals surface area (Å²) in [6, 6.07) is 8.43. The Balaban J connectivity index is 2.36. The van der Waals surface area contributed by atoms with Crippen LogP contribution in [0.1, 0.15) is 17.3 Å². The summed E-state index contributed by atoms with van der Waals surface area (Å²) in [4.78, 5) is 42.6. The second kappa shape index (κ2) is 8.11. The molecule has 0 aliphatic heterocycles. The highest BCUT2D eigenvalue weighted by Gasteiger charge is 2.16. The minimum atomic E-state index is -0.551. The molecule has 2 aromatic rings. The minimum absolute atomic E-state index is 0.00194. The lowest BCUT2D eigenvalue weighted by Gasteiger charge is -2.11. The third-order valence-electron chi connectivity index (χ3n) is 2.80. The molecule has 1 heterocycles. The molecular formula is C16H16N4O3S. The van der Waals surface area contributed by atoms with E-state index in [1.165, 1.54) is 18.7 Å². The van der Waals surface area contributed by atoms with E-state index in [1.807, 2.05) is 0 Å². The highest BCUT2D eigenvalue weighted by Crippen LogP contribution is 2.20. The number of carbonyl (C=O) groups is 2. The van der Waals surface area contributed by atoms with Crippen molar-refractivity contribution in [2.24, 2.45) is 0 Å². The van der Waals surface area contributed by atoms with Crippen molar-refractivity contribution in [2.45, 2.75) is 12.1 Å². The summed E-state index contributed by atoms with van der Waals surface area (Å²) in [5.41, 5.74) is -0.276. The molecule has 0 saturated heterocycles. The first-order valence-electron chi connectivity index (χ1n) is 7.03. The molecule has 8 heteroatoms.